The van der Waals surface area contributed by atoms with Crippen LogP contribution in [0.15, 0.2) is 67.1 Å². The second-order valence-electron chi connectivity index (χ2n) is 10.1. The molecule has 1 saturated carbocycles. The van der Waals surface area contributed by atoms with Crippen LogP contribution >= 0.6 is 0 Å². The number of nitrogens with one attached hydrogen (secondary N) is 2. The Morgan fingerprint density at radius 1 is 1.14 bits per heavy atom. The standard InChI is InChI=1S/C29H32N6O2/c30-27-26-24(21-8-4-9-23(14-21)37-17-19-6-2-1-3-7-19)16-35(28(26)34-18-33-27)22-12-20(13-22)15-32-29(36)25-10-5-11-31-25/h1-4,6-9,14,16,18,20,22,25,31H,5,10-13,15,17H2,(H,32,36)(H2,30,33,34)/t20?,22?,25-/m1/s1. The number of nitrogens with zero attached hydrogens (tertiary/aromatic N) is 3. The molecule has 2 aromatic heterocycles. The molecule has 37 heavy (non-hydrogen) atoms. The minimum atomic E-state index is -0.0288. The van der Waals surface area contributed by atoms with E-state index >= 15 is 0 Å². The molecule has 2 aromatic carbocycles. The summed E-state index contributed by atoms with van der Waals surface area (Å²) in [6.07, 6.45) is 7.66. The number of fused-ring (bicyclic) bond motifs is 1. The molecule has 0 radical (unpaired) electrons. The fourth-order valence-corrected chi connectivity index (χ4v) is 5.47. The molecule has 4 aromatic rings. The number of hydrogen-bond acceptors (Lipinski definition) is 6. The number of nitrogens with two attached hydrogens (primary N) is 1. The van der Waals surface area contributed by atoms with E-state index in [1.165, 1.54) is 6.33 Å². The van der Waals surface area contributed by atoms with Crippen molar-refractivity contribution in [1.82, 2.24) is 25.2 Å². The van der Waals surface area contributed by atoms with Crippen LogP contribution < -0.4 is 21.1 Å². The van der Waals surface area contributed by atoms with Gasteiger partial charge in [-0.15, -0.1) is 0 Å². The second-order valence-corrected chi connectivity index (χ2v) is 10.1. The van der Waals surface area contributed by atoms with Gasteiger partial charge in [-0.05, 0) is 61.4 Å². The molecule has 8 nitrogen and oxygen atoms in total. The third-order valence-electron chi connectivity index (χ3n) is 7.58. The van der Waals surface area contributed by atoms with Gasteiger partial charge in [0.05, 0.1) is 11.4 Å². The van der Waals surface area contributed by atoms with Gasteiger partial charge >= 0.3 is 0 Å². The molecule has 190 valence electrons. The van der Waals surface area contributed by atoms with Crippen LogP contribution in [0.25, 0.3) is 22.2 Å². The molecule has 0 bridgehead atoms. The summed E-state index contributed by atoms with van der Waals surface area (Å²) in [5.74, 6) is 1.87. The molecule has 4 N–H and O–H groups in total. The van der Waals surface area contributed by atoms with E-state index in [2.05, 4.69) is 49.6 Å². The Labute approximate surface area is 216 Å². The molecule has 0 spiro atoms. The van der Waals surface area contributed by atoms with E-state index in [9.17, 15) is 4.79 Å². The van der Waals surface area contributed by atoms with Gasteiger partial charge in [-0.3, -0.25) is 4.79 Å². The van der Waals surface area contributed by atoms with Crippen LogP contribution in [0, 0.1) is 5.92 Å². The fraction of sp³-hybridized carbons (Fsp3) is 0.345. The van der Waals surface area contributed by atoms with Gasteiger partial charge in [0.25, 0.3) is 0 Å². The van der Waals surface area contributed by atoms with E-state index in [0.717, 1.165) is 72.2 Å². The molecule has 1 amide bonds. The monoisotopic (exact) mass is 496 g/mol. The van der Waals surface area contributed by atoms with Crippen molar-refractivity contribution in [2.75, 3.05) is 18.8 Å². The summed E-state index contributed by atoms with van der Waals surface area (Å²) in [5.41, 5.74) is 10.3. The Morgan fingerprint density at radius 3 is 2.81 bits per heavy atom. The molecule has 1 aliphatic carbocycles. The molecular weight excluding hydrogens is 464 g/mol. The SMILES string of the molecule is Nc1ncnc2c1c(-c1cccc(OCc3ccccc3)c1)cn2C1CC(CNC(=O)[C@H]2CCCN2)C1. The molecule has 0 unspecified atom stereocenters. The average Bonchev–Trinajstić information content (AvgIpc) is 3.57. The second kappa shape index (κ2) is 10.2. The summed E-state index contributed by atoms with van der Waals surface area (Å²) in [7, 11) is 0. The van der Waals surface area contributed by atoms with Crippen LogP contribution in [-0.2, 0) is 11.4 Å². The molecule has 1 saturated heterocycles. The van der Waals surface area contributed by atoms with Crippen molar-refractivity contribution in [2.24, 2.45) is 5.92 Å². The van der Waals surface area contributed by atoms with E-state index in [0.29, 0.717) is 24.4 Å². The summed E-state index contributed by atoms with van der Waals surface area (Å²) in [6, 6.07) is 18.5. The van der Waals surface area contributed by atoms with Crippen LogP contribution in [0.2, 0.25) is 0 Å². The summed E-state index contributed by atoms with van der Waals surface area (Å²) in [4.78, 5) is 21.2. The summed E-state index contributed by atoms with van der Waals surface area (Å²) in [6.45, 7) is 2.16. The lowest BCUT2D eigenvalue weighted by molar-refractivity contribution is -0.123. The van der Waals surface area contributed by atoms with E-state index in [4.69, 9.17) is 10.5 Å². The van der Waals surface area contributed by atoms with Crippen molar-refractivity contribution < 1.29 is 9.53 Å². The largest absolute Gasteiger partial charge is 0.489 e. The van der Waals surface area contributed by atoms with Gasteiger partial charge in [-0.25, -0.2) is 9.97 Å². The number of aromatic nitrogens is 3. The first kappa shape index (κ1) is 23.5. The fourth-order valence-electron chi connectivity index (χ4n) is 5.47. The van der Waals surface area contributed by atoms with E-state index in [1.54, 1.807) is 0 Å². The van der Waals surface area contributed by atoms with Crippen molar-refractivity contribution in [3.8, 4) is 16.9 Å². The maximum atomic E-state index is 12.3. The minimum Gasteiger partial charge on any atom is -0.489 e. The predicted octanol–water partition coefficient (Wildman–Crippen LogP) is 4.08. The number of ether oxygens (including phenoxy) is 1. The average molecular weight is 497 g/mol. The zero-order chi connectivity index (χ0) is 25.2. The smallest absolute Gasteiger partial charge is 0.237 e. The number of carbonyl (C=O) groups excluding carboxylic acids is 1. The molecule has 1 atom stereocenters. The van der Waals surface area contributed by atoms with Crippen LogP contribution in [0.5, 0.6) is 5.75 Å². The maximum absolute atomic E-state index is 12.3. The number of benzene rings is 2. The first-order valence-corrected chi connectivity index (χ1v) is 13.0. The van der Waals surface area contributed by atoms with Crippen LogP contribution in [0.4, 0.5) is 5.82 Å². The predicted molar refractivity (Wildman–Crippen MR) is 144 cm³/mol. The molecule has 1 aliphatic heterocycles. The summed E-state index contributed by atoms with van der Waals surface area (Å²) >= 11 is 0. The van der Waals surface area contributed by atoms with Crippen LogP contribution in [0.3, 0.4) is 0 Å². The Balaban J connectivity index is 1.18. The third kappa shape index (κ3) is 4.89. The van der Waals surface area contributed by atoms with Crippen molar-refractivity contribution in [3.05, 3.63) is 72.7 Å². The molecule has 8 heteroatoms. The Bertz CT molecular complexity index is 1390. The number of nitrogen functional groups attached to an aromatic ring is 1. The van der Waals surface area contributed by atoms with Gasteiger partial charge < -0.3 is 25.7 Å². The maximum Gasteiger partial charge on any atom is 0.237 e. The normalized spacial score (nSPS) is 21.0. The van der Waals surface area contributed by atoms with E-state index in [-0.39, 0.29) is 11.9 Å². The zero-order valence-corrected chi connectivity index (χ0v) is 20.8. The van der Waals surface area contributed by atoms with Gasteiger partial charge in [-0.2, -0.15) is 0 Å². The highest BCUT2D eigenvalue weighted by atomic mass is 16.5. The number of hydrogen-bond donors (Lipinski definition) is 3. The molecule has 2 aliphatic rings. The third-order valence-corrected chi connectivity index (χ3v) is 7.58. The highest BCUT2D eigenvalue weighted by Crippen LogP contribution is 2.43. The van der Waals surface area contributed by atoms with Gasteiger partial charge in [-0.1, -0.05) is 42.5 Å². The first-order valence-electron chi connectivity index (χ1n) is 13.0. The lowest BCUT2D eigenvalue weighted by Crippen LogP contribution is -2.44. The van der Waals surface area contributed by atoms with Crippen molar-refractivity contribution in [2.45, 2.75) is 44.4 Å². The summed E-state index contributed by atoms with van der Waals surface area (Å²) < 4.78 is 8.31. The van der Waals surface area contributed by atoms with E-state index in [1.807, 2.05) is 36.4 Å². The Morgan fingerprint density at radius 2 is 2.00 bits per heavy atom. The zero-order valence-electron chi connectivity index (χ0n) is 20.8. The van der Waals surface area contributed by atoms with Crippen molar-refractivity contribution in [1.29, 1.82) is 0 Å². The van der Waals surface area contributed by atoms with E-state index < -0.39 is 0 Å². The van der Waals surface area contributed by atoms with Crippen molar-refractivity contribution in [3.63, 3.8) is 0 Å². The molecular formula is C29H32N6O2. The number of anilines is 1. The molecule has 6 rings (SSSR count). The summed E-state index contributed by atoms with van der Waals surface area (Å²) in [5, 5.41) is 7.27. The molecule has 2 fully saturated rings. The van der Waals surface area contributed by atoms with Gasteiger partial charge in [0.2, 0.25) is 5.91 Å². The van der Waals surface area contributed by atoms with Gasteiger partial charge in [0.15, 0.2) is 0 Å². The number of rotatable bonds is 8. The quantitative estimate of drug-likeness (QED) is 0.339. The van der Waals surface area contributed by atoms with Gasteiger partial charge in [0, 0.05) is 24.3 Å². The lowest BCUT2D eigenvalue weighted by atomic mass is 9.80. The highest BCUT2D eigenvalue weighted by Gasteiger charge is 2.33. The minimum absolute atomic E-state index is 0.0288. The topological polar surface area (TPSA) is 107 Å². The highest BCUT2D eigenvalue weighted by molar-refractivity contribution is 6.00. The number of carbonyl (C=O) groups is 1. The number of amides is 1. The Kier molecular flexibility index (Phi) is 6.49. The van der Waals surface area contributed by atoms with Crippen LogP contribution in [-0.4, -0.2) is 39.6 Å². The van der Waals surface area contributed by atoms with Crippen molar-refractivity contribution >= 4 is 22.8 Å². The lowest BCUT2D eigenvalue weighted by Gasteiger charge is -2.36. The van der Waals surface area contributed by atoms with Crippen LogP contribution in [0.1, 0.15) is 37.3 Å². The first-order chi connectivity index (χ1) is 18.2. The van der Waals surface area contributed by atoms with Gasteiger partial charge in [0.1, 0.15) is 30.1 Å². The Hall–Kier alpha value is -3.91. The molecule has 3 heterocycles.